The van der Waals surface area contributed by atoms with Crippen LogP contribution in [0.5, 0.6) is 5.75 Å². The van der Waals surface area contributed by atoms with Crippen LogP contribution in [0, 0.1) is 0 Å². The van der Waals surface area contributed by atoms with Crippen molar-refractivity contribution >= 4 is 29.6 Å². The van der Waals surface area contributed by atoms with Gasteiger partial charge in [0.15, 0.2) is 0 Å². The van der Waals surface area contributed by atoms with Crippen molar-refractivity contribution in [2.24, 2.45) is 5.16 Å². The molecule has 0 saturated heterocycles. The van der Waals surface area contributed by atoms with E-state index in [1.165, 1.54) is 6.21 Å². The smallest absolute Gasteiger partial charge is 0.437 e. The summed E-state index contributed by atoms with van der Waals surface area (Å²) in [6, 6.07) is 13.9. The highest BCUT2D eigenvalue weighted by Crippen LogP contribution is 2.15. The van der Waals surface area contributed by atoms with Gasteiger partial charge in [-0.2, -0.15) is 0 Å². The van der Waals surface area contributed by atoms with Crippen molar-refractivity contribution in [1.82, 2.24) is 0 Å². The molecule has 0 heterocycles. The molecule has 0 bridgehead atoms. The SMILES string of the molecule is COc1ccccc1/C=N/OC(=O)Nc1ccc(Cl)cc1. The lowest BCUT2D eigenvalue weighted by molar-refractivity contribution is 0.167. The highest BCUT2D eigenvalue weighted by Gasteiger charge is 2.03. The number of rotatable bonds is 4. The number of ether oxygens (including phenoxy) is 1. The second-order valence-electron chi connectivity index (χ2n) is 3.99. The molecular formula is C15H13ClN2O3. The molecule has 2 aromatic carbocycles. The van der Waals surface area contributed by atoms with Crippen LogP contribution in [0.2, 0.25) is 5.02 Å². The lowest BCUT2D eigenvalue weighted by atomic mass is 10.2. The van der Waals surface area contributed by atoms with E-state index >= 15 is 0 Å². The van der Waals surface area contributed by atoms with E-state index in [2.05, 4.69) is 10.5 Å². The van der Waals surface area contributed by atoms with E-state index in [0.717, 1.165) is 0 Å². The van der Waals surface area contributed by atoms with Gasteiger partial charge < -0.3 is 4.74 Å². The monoisotopic (exact) mass is 304 g/mol. The third-order valence-electron chi connectivity index (χ3n) is 2.56. The fourth-order valence-corrected chi connectivity index (χ4v) is 1.70. The Morgan fingerprint density at radius 3 is 2.62 bits per heavy atom. The molecule has 5 nitrogen and oxygen atoms in total. The van der Waals surface area contributed by atoms with Gasteiger partial charge in [0.25, 0.3) is 0 Å². The summed E-state index contributed by atoms with van der Waals surface area (Å²) in [5.41, 5.74) is 1.27. The van der Waals surface area contributed by atoms with Crippen molar-refractivity contribution in [3.05, 3.63) is 59.1 Å². The van der Waals surface area contributed by atoms with Gasteiger partial charge in [0.1, 0.15) is 5.75 Å². The van der Waals surface area contributed by atoms with Gasteiger partial charge >= 0.3 is 6.09 Å². The lowest BCUT2D eigenvalue weighted by Gasteiger charge is -2.03. The largest absolute Gasteiger partial charge is 0.496 e. The van der Waals surface area contributed by atoms with E-state index in [-0.39, 0.29) is 0 Å². The summed E-state index contributed by atoms with van der Waals surface area (Å²) in [5.74, 6) is 0.642. The second kappa shape index (κ2) is 7.31. The van der Waals surface area contributed by atoms with Crippen LogP contribution in [0.25, 0.3) is 0 Å². The number of amides is 1. The fraction of sp³-hybridized carbons (Fsp3) is 0.0667. The Labute approximate surface area is 127 Å². The predicted octanol–water partition coefficient (Wildman–Crippen LogP) is 3.93. The third kappa shape index (κ3) is 4.50. The van der Waals surface area contributed by atoms with Gasteiger partial charge in [0, 0.05) is 16.3 Å². The molecule has 0 atom stereocenters. The van der Waals surface area contributed by atoms with E-state index < -0.39 is 6.09 Å². The highest BCUT2D eigenvalue weighted by atomic mass is 35.5. The maximum absolute atomic E-state index is 11.5. The Morgan fingerprint density at radius 2 is 1.90 bits per heavy atom. The molecule has 6 heteroatoms. The number of para-hydroxylation sites is 1. The molecular weight excluding hydrogens is 292 g/mol. The molecule has 0 unspecified atom stereocenters. The lowest BCUT2D eigenvalue weighted by Crippen LogP contribution is -2.10. The van der Waals surface area contributed by atoms with E-state index in [1.54, 1.807) is 43.5 Å². The van der Waals surface area contributed by atoms with Gasteiger partial charge in [-0.3, -0.25) is 10.2 Å². The number of benzene rings is 2. The molecule has 0 aliphatic heterocycles. The number of anilines is 1. The maximum atomic E-state index is 11.5. The van der Waals surface area contributed by atoms with Crippen LogP contribution in [0.1, 0.15) is 5.56 Å². The number of halogens is 1. The minimum atomic E-state index is -0.691. The Hall–Kier alpha value is -2.53. The molecule has 0 fully saturated rings. The fourth-order valence-electron chi connectivity index (χ4n) is 1.58. The number of nitrogens with zero attached hydrogens (tertiary/aromatic N) is 1. The zero-order valence-electron chi connectivity index (χ0n) is 11.2. The molecule has 0 spiro atoms. The first-order valence-electron chi connectivity index (χ1n) is 6.09. The summed E-state index contributed by atoms with van der Waals surface area (Å²) in [4.78, 5) is 16.2. The van der Waals surface area contributed by atoms with Crippen LogP contribution in [0.3, 0.4) is 0 Å². The standard InChI is InChI=1S/C15H13ClN2O3/c1-20-14-5-3-2-4-11(14)10-17-21-15(19)18-13-8-6-12(16)7-9-13/h2-10H,1H3,(H,18,19)/b17-10+. The van der Waals surface area contributed by atoms with E-state index in [0.29, 0.717) is 22.0 Å². The van der Waals surface area contributed by atoms with Crippen molar-refractivity contribution in [2.45, 2.75) is 0 Å². The van der Waals surface area contributed by atoms with Crippen molar-refractivity contribution in [2.75, 3.05) is 12.4 Å². The number of carbonyl (C=O) groups excluding carboxylic acids is 1. The van der Waals surface area contributed by atoms with Crippen LogP contribution in [-0.2, 0) is 4.84 Å². The Balaban J connectivity index is 1.91. The van der Waals surface area contributed by atoms with E-state index in [9.17, 15) is 4.79 Å². The molecule has 21 heavy (non-hydrogen) atoms. The van der Waals surface area contributed by atoms with E-state index in [4.69, 9.17) is 21.2 Å². The van der Waals surface area contributed by atoms with Crippen LogP contribution < -0.4 is 10.1 Å². The first-order chi connectivity index (χ1) is 10.2. The summed E-state index contributed by atoms with van der Waals surface area (Å²) in [6.45, 7) is 0. The highest BCUT2D eigenvalue weighted by molar-refractivity contribution is 6.30. The topological polar surface area (TPSA) is 59.9 Å². The third-order valence-corrected chi connectivity index (χ3v) is 2.81. The molecule has 2 aromatic rings. The summed E-state index contributed by atoms with van der Waals surface area (Å²) in [7, 11) is 1.56. The number of nitrogens with one attached hydrogen (secondary N) is 1. The normalized spacial score (nSPS) is 10.4. The van der Waals surface area contributed by atoms with Crippen molar-refractivity contribution in [3.63, 3.8) is 0 Å². The van der Waals surface area contributed by atoms with Crippen molar-refractivity contribution < 1.29 is 14.4 Å². The van der Waals surface area contributed by atoms with Crippen LogP contribution in [-0.4, -0.2) is 19.4 Å². The van der Waals surface area contributed by atoms with Gasteiger partial charge in [-0.1, -0.05) is 28.9 Å². The van der Waals surface area contributed by atoms with Gasteiger partial charge in [-0.25, -0.2) is 4.79 Å². The molecule has 0 aliphatic rings. The van der Waals surface area contributed by atoms with Gasteiger partial charge in [0.05, 0.1) is 13.3 Å². The van der Waals surface area contributed by atoms with Crippen molar-refractivity contribution in [1.29, 1.82) is 0 Å². The van der Waals surface area contributed by atoms with Crippen molar-refractivity contribution in [3.8, 4) is 5.75 Å². The summed E-state index contributed by atoms with van der Waals surface area (Å²) >= 11 is 5.75. The quantitative estimate of drug-likeness (QED) is 0.529. The summed E-state index contributed by atoms with van der Waals surface area (Å²) in [5, 5.41) is 6.73. The molecule has 108 valence electrons. The predicted molar refractivity (Wildman–Crippen MR) is 82.1 cm³/mol. The number of oxime groups is 1. The first-order valence-corrected chi connectivity index (χ1v) is 6.47. The number of carbonyl (C=O) groups is 1. The van der Waals surface area contributed by atoms with Crippen LogP contribution in [0.15, 0.2) is 53.7 Å². The van der Waals surface area contributed by atoms with Crippen LogP contribution in [0.4, 0.5) is 10.5 Å². The summed E-state index contributed by atoms with van der Waals surface area (Å²) in [6.07, 6.45) is 0.712. The zero-order chi connectivity index (χ0) is 15.1. The molecule has 0 aromatic heterocycles. The Morgan fingerprint density at radius 1 is 1.19 bits per heavy atom. The molecule has 0 radical (unpaired) electrons. The molecule has 1 N–H and O–H groups in total. The van der Waals surface area contributed by atoms with Gasteiger partial charge in [0.2, 0.25) is 0 Å². The van der Waals surface area contributed by atoms with Crippen LogP contribution >= 0.6 is 11.6 Å². The van der Waals surface area contributed by atoms with Gasteiger partial charge in [-0.05, 0) is 36.4 Å². The average molecular weight is 305 g/mol. The second-order valence-corrected chi connectivity index (χ2v) is 4.42. The van der Waals surface area contributed by atoms with E-state index in [1.807, 2.05) is 12.1 Å². The molecule has 0 saturated carbocycles. The molecule has 2 rings (SSSR count). The minimum Gasteiger partial charge on any atom is -0.496 e. The zero-order valence-corrected chi connectivity index (χ0v) is 12.0. The summed E-state index contributed by atoms with van der Waals surface area (Å²) < 4.78 is 5.15. The van der Waals surface area contributed by atoms with Gasteiger partial charge in [-0.15, -0.1) is 0 Å². The molecule has 0 aliphatic carbocycles. The number of methoxy groups -OCH3 is 1. The maximum Gasteiger partial charge on any atom is 0.437 e. The minimum absolute atomic E-state index is 0.567. The Kier molecular flexibility index (Phi) is 5.17. The number of hydrogen-bond donors (Lipinski definition) is 1. The number of hydrogen-bond acceptors (Lipinski definition) is 4. The average Bonchev–Trinajstić information content (AvgIpc) is 2.50. The molecule has 1 amide bonds. The Bertz CT molecular complexity index is 642. The first kappa shape index (κ1) is 14.9.